The Kier molecular flexibility index (Phi) is 8.64. The second-order valence-electron chi connectivity index (χ2n) is 5.52. The molecule has 0 unspecified atom stereocenters. The van der Waals surface area contributed by atoms with Crippen molar-refractivity contribution in [3.05, 3.63) is 53.0 Å². The van der Waals surface area contributed by atoms with E-state index in [2.05, 4.69) is 21.2 Å². The molecule has 0 fully saturated rings. The summed E-state index contributed by atoms with van der Waals surface area (Å²) < 4.78 is 16.9. The molecule has 0 bridgehead atoms. The van der Waals surface area contributed by atoms with Gasteiger partial charge in [-0.2, -0.15) is 0 Å². The molecule has 27 heavy (non-hydrogen) atoms. The van der Waals surface area contributed by atoms with Crippen LogP contribution < -0.4 is 14.8 Å². The lowest BCUT2D eigenvalue weighted by Crippen LogP contribution is -2.21. The van der Waals surface area contributed by atoms with Crippen LogP contribution in [0, 0.1) is 0 Å². The Morgan fingerprint density at radius 1 is 1.00 bits per heavy atom. The molecule has 0 radical (unpaired) electrons. The maximum Gasteiger partial charge on any atom is 0.306 e. The molecule has 1 N–H and O–H groups in total. The molecular weight excluding hydrogens is 414 g/mol. The van der Waals surface area contributed by atoms with Crippen LogP contribution in [0.4, 0.5) is 5.69 Å². The predicted molar refractivity (Wildman–Crippen MR) is 106 cm³/mol. The maximum atomic E-state index is 11.8. The molecule has 0 aliphatic heterocycles. The Hall–Kier alpha value is -2.54. The van der Waals surface area contributed by atoms with Gasteiger partial charge in [0.15, 0.2) is 18.1 Å². The second kappa shape index (κ2) is 11.2. The zero-order valence-electron chi connectivity index (χ0n) is 15.1. The molecule has 0 saturated heterocycles. The fraction of sp³-hybridized carbons (Fsp3) is 0.300. The van der Waals surface area contributed by atoms with Crippen LogP contribution >= 0.6 is 15.9 Å². The van der Waals surface area contributed by atoms with Crippen molar-refractivity contribution in [2.24, 2.45) is 0 Å². The van der Waals surface area contributed by atoms with Gasteiger partial charge in [0.1, 0.15) is 0 Å². The van der Waals surface area contributed by atoms with Gasteiger partial charge in [-0.3, -0.25) is 9.59 Å². The highest BCUT2D eigenvalue weighted by Gasteiger charge is 2.10. The number of ether oxygens (including phenoxy) is 3. The van der Waals surface area contributed by atoms with Crippen molar-refractivity contribution >= 4 is 33.5 Å². The van der Waals surface area contributed by atoms with Gasteiger partial charge in [-0.05, 0) is 53.5 Å². The van der Waals surface area contributed by atoms with Crippen molar-refractivity contribution in [3.8, 4) is 11.5 Å². The number of benzene rings is 2. The highest BCUT2D eigenvalue weighted by molar-refractivity contribution is 9.10. The summed E-state index contributed by atoms with van der Waals surface area (Å²) >= 11 is 3.34. The maximum absolute atomic E-state index is 11.8. The first-order valence-electron chi connectivity index (χ1n) is 8.64. The minimum atomic E-state index is -0.445. The Bertz CT molecular complexity index is 766. The normalized spacial score (nSPS) is 10.1. The first-order chi connectivity index (χ1) is 13.1. The molecule has 0 aliphatic rings. The molecule has 0 aromatic heterocycles. The number of rotatable bonds is 10. The molecule has 0 atom stereocenters. The van der Waals surface area contributed by atoms with Gasteiger partial charge in [0.05, 0.1) is 18.9 Å². The van der Waals surface area contributed by atoms with Crippen molar-refractivity contribution in [2.45, 2.75) is 19.8 Å². The van der Waals surface area contributed by atoms with Crippen LogP contribution in [0.1, 0.15) is 19.8 Å². The smallest absolute Gasteiger partial charge is 0.306 e. The fourth-order valence-electron chi connectivity index (χ4n) is 2.21. The quantitative estimate of drug-likeness (QED) is 0.447. The topological polar surface area (TPSA) is 73.9 Å². The van der Waals surface area contributed by atoms with Crippen molar-refractivity contribution in [2.75, 3.05) is 25.1 Å². The molecule has 2 rings (SSSR count). The highest BCUT2D eigenvalue weighted by atomic mass is 79.9. The zero-order valence-corrected chi connectivity index (χ0v) is 16.7. The van der Waals surface area contributed by atoms with E-state index in [9.17, 15) is 9.59 Å². The molecule has 2 aromatic rings. The number of amides is 1. The molecule has 6 nitrogen and oxygen atoms in total. The monoisotopic (exact) mass is 435 g/mol. The third-order valence-electron chi connectivity index (χ3n) is 3.44. The first-order valence-corrected chi connectivity index (χ1v) is 9.44. The fourth-order valence-corrected chi connectivity index (χ4v) is 2.59. The van der Waals surface area contributed by atoms with Crippen LogP contribution in [-0.2, 0) is 14.3 Å². The SMILES string of the molecule is CCOc1ccccc1OCCCC(=O)OCC(=O)Nc1ccccc1Br. The van der Waals surface area contributed by atoms with Crippen LogP contribution in [0.3, 0.4) is 0 Å². The van der Waals surface area contributed by atoms with Crippen LogP contribution in [0.2, 0.25) is 0 Å². The minimum absolute atomic E-state index is 0.166. The summed E-state index contributed by atoms with van der Waals surface area (Å²) in [6.45, 7) is 2.48. The van der Waals surface area contributed by atoms with Gasteiger partial charge in [0, 0.05) is 10.9 Å². The third-order valence-corrected chi connectivity index (χ3v) is 4.14. The summed E-state index contributed by atoms with van der Waals surface area (Å²) in [5.41, 5.74) is 0.625. The lowest BCUT2D eigenvalue weighted by molar-refractivity contribution is -0.147. The Labute approximate surface area is 166 Å². The van der Waals surface area contributed by atoms with E-state index in [0.717, 1.165) is 4.47 Å². The average Bonchev–Trinajstić information content (AvgIpc) is 2.67. The summed E-state index contributed by atoms with van der Waals surface area (Å²) in [6, 6.07) is 14.6. The lowest BCUT2D eigenvalue weighted by atomic mass is 10.3. The van der Waals surface area contributed by atoms with E-state index < -0.39 is 11.9 Å². The van der Waals surface area contributed by atoms with Gasteiger partial charge in [0.25, 0.3) is 5.91 Å². The van der Waals surface area contributed by atoms with Gasteiger partial charge in [-0.1, -0.05) is 24.3 Å². The van der Waals surface area contributed by atoms with E-state index in [-0.39, 0.29) is 13.0 Å². The van der Waals surface area contributed by atoms with E-state index >= 15 is 0 Å². The molecule has 144 valence electrons. The summed E-state index contributed by atoms with van der Waals surface area (Å²) in [6.07, 6.45) is 0.643. The first kappa shape index (κ1) is 20.8. The van der Waals surface area contributed by atoms with Crippen molar-refractivity contribution in [3.63, 3.8) is 0 Å². The van der Waals surface area contributed by atoms with Gasteiger partial charge in [-0.25, -0.2) is 0 Å². The van der Waals surface area contributed by atoms with Crippen LogP contribution in [0.5, 0.6) is 11.5 Å². The molecule has 0 saturated carbocycles. The summed E-state index contributed by atoms with van der Waals surface area (Å²) in [7, 11) is 0. The third kappa shape index (κ3) is 7.30. The number of carbonyl (C=O) groups is 2. The average molecular weight is 436 g/mol. The molecule has 0 spiro atoms. The minimum Gasteiger partial charge on any atom is -0.490 e. The standard InChI is InChI=1S/C20H22BrNO5/c1-2-25-17-10-5-6-11-18(17)26-13-7-12-20(24)27-14-19(23)22-16-9-4-3-8-15(16)21/h3-6,8-11H,2,7,12-14H2,1H3,(H,22,23). The number of nitrogens with one attached hydrogen (secondary N) is 1. The van der Waals surface area contributed by atoms with Crippen LogP contribution in [0.15, 0.2) is 53.0 Å². The highest BCUT2D eigenvalue weighted by Crippen LogP contribution is 2.26. The lowest BCUT2D eigenvalue weighted by Gasteiger charge is -2.11. The van der Waals surface area contributed by atoms with Crippen LogP contribution in [-0.4, -0.2) is 31.7 Å². The number of anilines is 1. The van der Waals surface area contributed by atoms with E-state index in [1.807, 2.05) is 43.3 Å². The van der Waals surface area contributed by atoms with Gasteiger partial charge in [0.2, 0.25) is 0 Å². The van der Waals surface area contributed by atoms with Crippen molar-refractivity contribution in [1.82, 2.24) is 0 Å². The number of carbonyl (C=O) groups excluding carboxylic acids is 2. The Balaban J connectivity index is 1.65. The second-order valence-corrected chi connectivity index (χ2v) is 6.37. The molecule has 7 heteroatoms. The Morgan fingerprint density at radius 2 is 1.67 bits per heavy atom. The van der Waals surface area contributed by atoms with Gasteiger partial charge >= 0.3 is 5.97 Å². The molecule has 0 aliphatic carbocycles. The van der Waals surface area contributed by atoms with Gasteiger partial charge < -0.3 is 19.5 Å². The number of hydrogen-bond acceptors (Lipinski definition) is 5. The van der Waals surface area contributed by atoms with Crippen molar-refractivity contribution < 1.29 is 23.8 Å². The van der Waals surface area contributed by atoms with Crippen LogP contribution in [0.25, 0.3) is 0 Å². The summed E-state index contributed by atoms with van der Waals surface area (Å²) in [5.74, 6) is 0.475. The summed E-state index contributed by atoms with van der Waals surface area (Å²) in [5, 5.41) is 2.67. The molecule has 2 aromatic carbocycles. The Morgan fingerprint density at radius 3 is 2.37 bits per heavy atom. The van der Waals surface area contributed by atoms with E-state index in [4.69, 9.17) is 14.2 Å². The zero-order chi connectivity index (χ0) is 19.5. The number of halogens is 1. The van der Waals surface area contributed by atoms with Gasteiger partial charge in [-0.15, -0.1) is 0 Å². The molecular formula is C20H22BrNO5. The van der Waals surface area contributed by atoms with E-state index in [1.165, 1.54) is 0 Å². The predicted octanol–water partition coefficient (Wildman–Crippen LogP) is 4.19. The van der Waals surface area contributed by atoms with Crippen molar-refractivity contribution in [1.29, 1.82) is 0 Å². The number of hydrogen-bond donors (Lipinski definition) is 1. The van der Waals surface area contributed by atoms with E-state index in [0.29, 0.717) is 36.8 Å². The summed E-state index contributed by atoms with van der Waals surface area (Å²) in [4.78, 5) is 23.6. The molecule has 1 amide bonds. The largest absolute Gasteiger partial charge is 0.490 e. The number of esters is 1. The van der Waals surface area contributed by atoms with E-state index in [1.54, 1.807) is 12.1 Å². The number of para-hydroxylation sites is 3. The molecule has 0 heterocycles.